The molecule has 0 saturated heterocycles. The van der Waals surface area contributed by atoms with Gasteiger partial charge in [0.05, 0.1) is 0 Å². The molecule has 0 aliphatic heterocycles. The van der Waals surface area contributed by atoms with Gasteiger partial charge in [-0.25, -0.2) is 4.39 Å². The van der Waals surface area contributed by atoms with Crippen molar-refractivity contribution in [2.45, 2.75) is 33.2 Å². The number of hydrogen-bond donors (Lipinski definition) is 1. The Bertz CT molecular complexity index is 337. The third-order valence-corrected chi connectivity index (χ3v) is 2.70. The molecule has 0 radical (unpaired) electrons. The summed E-state index contributed by atoms with van der Waals surface area (Å²) in [6.07, 6.45) is 1.07. The van der Waals surface area contributed by atoms with E-state index in [1.165, 1.54) is 6.07 Å². The van der Waals surface area contributed by atoms with Crippen LogP contribution in [0.3, 0.4) is 0 Å². The first-order valence-electron chi connectivity index (χ1n) is 5.90. The van der Waals surface area contributed by atoms with Crippen LogP contribution in [0.1, 0.15) is 38.8 Å². The van der Waals surface area contributed by atoms with Crippen LogP contribution in [0.25, 0.3) is 0 Å². The standard InChI is InChI=1S/C13H21FN2/c1-4-8-16(5-2)13-7-6-11(14)9-12(13)10(3)15/h6-7,9-10H,4-5,8,15H2,1-3H3. The second kappa shape index (κ2) is 5.85. The lowest BCUT2D eigenvalue weighted by Gasteiger charge is -2.26. The summed E-state index contributed by atoms with van der Waals surface area (Å²) >= 11 is 0. The Labute approximate surface area is 97.3 Å². The maximum absolute atomic E-state index is 13.2. The van der Waals surface area contributed by atoms with Gasteiger partial charge in [0.25, 0.3) is 0 Å². The smallest absolute Gasteiger partial charge is 0.123 e. The summed E-state index contributed by atoms with van der Waals surface area (Å²) in [5, 5.41) is 0. The number of rotatable bonds is 5. The second-order valence-corrected chi connectivity index (χ2v) is 4.07. The second-order valence-electron chi connectivity index (χ2n) is 4.07. The molecular formula is C13H21FN2. The van der Waals surface area contributed by atoms with Gasteiger partial charge < -0.3 is 10.6 Å². The SMILES string of the molecule is CCCN(CC)c1ccc(F)cc1C(C)N. The highest BCUT2D eigenvalue weighted by Crippen LogP contribution is 2.26. The highest BCUT2D eigenvalue weighted by molar-refractivity contribution is 5.55. The van der Waals surface area contributed by atoms with E-state index in [-0.39, 0.29) is 11.9 Å². The summed E-state index contributed by atoms with van der Waals surface area (Å²) in [5.41, 5.74) is 7.82. The third-order valence-electron chi connectivity index (χ3n) is 2.70. The predicted molar refractivity (Wildman–Crippen MR) is 67.2 cm³/mol. The Balaban J connectivity index is 3.09. The Morgan fingerprint density at radius 2 is 2.06 bits per heavy atom. The first kappa shape index (κ1) is 13.0. The summed E-state index contributed by atoms with van der Waals surface area (Å²) in [6, 6.07) is 4.72. The molecule has 0 aliphatic carbocycles. The highest BCUT2D eigenvalue weighted by atomic mass is 19.1. The van der Waals surface area contributed by atoms with Crippen LogP contribution in [0.15, 0.2) is 18.2 Å². The van der Waals surface area contributed by atoms with E-state index < -0.39 is 0 Å². The van der Waals surface area contributed by atoms with E-state index >= 15 is 0 Å². The molecule has 0 amide bonds. The van der Waals surface area contributed by atoms with Crippen LogP contribution in [0.4, 0.5) is 10.1 Å². The third kappa shape index (κ3) is 2.95. The van der Waals surface area contributed by atoms with Crippen molar-refractivity contribution < 1.29 is 4.39 Å². The van der Waals surface area contributed by atoms with Gasteiger partial charge in [-0.1, -0.05) is 6.92 Å². The van der Waals surface area contributed by atoms with E-state index in [0.717, 1.165) is 30.8 Å². The van der Waals surface area contributed by atoms with Gasteiger partial charge in [-0.15, -0.1) is 0 Å². The zero-order valence-electron chi connectivity index (χ0n) is 10.3. The van der Waals surface area contributed by atoms with Gasteiger partial charge in [-0.05, 0) is 44.0 Å². The van der Waals surface area contributed by atoms with Gasteiger partial charge >= 0.3 is 0 Å². The molecular weight excluding hydrogens is 203 g/mol. The van der Waals surface area contributed by atoms with E-state index in [2.05, 4.69) is 18.7 Å². The van der Waals surface area contributed by atoms with Crippen LogP contribution in [-0.2, 0) is 0 Å². The van der Waals surface area contributed by atoms with E-state index in [9.17, 15) is 4.39 Å². The Morgan fingerprint density at radius 1 is 1.38 bits per heavy atom. The maximum atomic E-state index is 13.2. The summed E-state index contributed by atoms with van der Waals surface area (Å²) in [6.45, 7) is 8.01. The molecule has 0 fully saturated rings. The van der Waals surface area contributed by atoms with Crippen molar-refractivity contribution in [1.82, 2.24) is 0 Å². The fourth-order valence-electron chi connectivity index (χ4n) is 1.90. The Hall–Kier alpha value is -1.09. The first-order valence-corrected chi connectivity index (χ1v) is 5.90. The Kier molecular flexibility index (Phi) is 4.74. The minimum absolute atomic E-state index is 0.142. The molecule has 0 aliphatic rings. The van der Waals surface area contributed by atoms with Gasteiger partial charge in [-0.3, -0.25) is 0 Å². The van der Waals surface area contributed by atoms with Crippen molar-refractivity contribution in [3.63, 3.8) is 0 Å². The minimum Gasteiger partial charge on any atom is -0.372 e. The minimum atomic E-state index is -0.219. The molecule has 0 spiro atoms. The molecule has 0 aromatic heterocycles. The number of nitrogens with two attached hydrogens (primary N) is 1. The van der Waals surface area contributed by atoms with Crippen molar-refractivity contribution in [3.8, 4) is 0 Å². The molecule has 0 saturated carbocycles. The number of anilines is 1. The molecule has 3 heteroatoms. The highest BCUT2D eigenvalue weighted by Gasteiger charge is 2.12. The van der Waals surface area contributed by atoms with Crippen LogP contribution < -0.4 is 10.6 Å². The average molecular weight is 224 g/mol. The monoisotopic (exact) mass is 224 g/mol. The summed E-state index contributed by atoms with van der Waals surface area (Å²) in [5.74, 6) is -0.219. The molecule has 1 aromatic rings. The van der Waals surface area contributed by atoms with Crippen LogP contribution in [0.2, 0.25) is 0 Å². The lowest BCUT2D eigenvalue weighted by molar-refractivity contribution is 0.621. The van der Waals surface area contributed by atoms with Crippen LogP contribution in [0.5, 0.6) is 0 Å². The summed E-state index contributed by atoms with van der Waals surface area (Å²) in [7, 11) is 0. The number of halogens is 1. The normalized spacial score (nSPS) is 12.6. The summed E-state index contributed by atoms with van der Waals surface area (Å²) in [4.78, 5) is 2.23. The lowest BCUT2D eigenvalue weighted by Crippen LogP contribution is -2.26. The fourth-order valence-corrected chi connectivity index (χ4v) is 1.90. The molecule has 2 N–H and O–H groups in total. The number of nitrogens with zero attached hydrogens (tertiary/aromatic N) is 1. The van der Waals surface area contributed by atoms with Gasteiger partial charge in [0.2, 0.25) is 0 Å². The summed E-state index contributed by atoms with van der Waals surface area (Å²) < 4.78 is 13.2. The average Bonchev–Trinajstić information content (AvgIpc) is 2.26. The number of hydrogen-bond acceptors (Lipinski definition) is 2. The molecule has 16 heavy (non-hydrogen) atoms. The van der Waals surface area contributed by atoms with E-state index in [4.69, 9.17) is 5.73 Å². The van der Waals surface area contributed by atoms with Crippen molar-refractivity contribution in [3.05, 3.63) is 29.6 Å². The molecule has 1 atom stereocenters. The molecule has 2 nitrogen and oxygen atoms in total. The van der Waals surface area contributed by atoms with Crippen LogP contribution >= 0.6 is 0 Å². The Morgan fingerprint density at radius 3 is 2.56 bits per heavy atom. The number of benzene rings is 1. The largest absolute Gasteiger partial charge is 0.372 e. The quantitative estimate of drug-likeness (QED) is 0.832. The fraction of sp³-hybridized carbons (Fsp3) is 0.538. The first-order chi connectivity index (χ1) is 7.60. The molecule has 1 aromatic carbocycles. The molecule has 90 valence electrons. The van der Waals surface area contributed by atoms with Crippen molar-refractivity contribution >= 4 is 5.69 Å². The molecule has 1 rings (SSSR count). The van der Waals surface area contributed by atoms with Gasteiger partial charge in [0.15, 0.2) is 0 Å². The predicted octanol–water partition coefficient (Wildman–Crippen LogP) is 3.08. The van der Waals surface area contributed by atoms with Gasteiger partial charge in [-0.2, -0.15) is 0 Å². The topological polar surface area (TPSA) is 29.3 Å². The van der Waals surface area contributed by atoms with Gasteiger partial charge in [0, 0.05) is 24.8 Å². The van der Waals surface area contributed by atoms with E-state index in [0.29, 0.717) is 0 Å². The van der Waals surface area contributed by atoms with Crippen molar-refractivity contribution in [2.24, 2.45) is 5.73 Å². The van der Waals surface area contributed by atoms with E-state index in [1.54, 1.807) is 6.07 Å². The van der Waals surface area contributed by atoms with Crippen molar-refractivity contribution in [1.29, 1.82) is 0 Å². The maximum Gasteiger partial charge on any atom is 0.123 e. The van der Waals surface area contributed by atoms with Gasteiger partial charge in [0.1, 0.15) is 5.82 Å². The zero-order valence-corrected chi connectivity index (χ0v) is 10.3. The van der Waals surface area contributed by atoms with Crippen LogP contribution in [0, 0.1) is 5.82 Å². The molecule has 1 unspecified atom stereocenters. The van der Waals surface area contributed by atoms with Crippen molar-refractivity contribution in [2.75, 3.05) is 18.0 Å². The molecule has 0 bridgehead atoms. The lowest BCUT2D eigenvalue weighted by atomic mass is 10.1. The molecule has 0 heterocycles. The zero-order chi connectivity index (χ0) is 12.1. The van der Waals surface area contributed by atoms with E-state index in [1.807, 2.05) is 13.0 Å². The van der Waals surface area contributed by atoms with Crippen LogP contribution in [-0.4, -0.2) is 13.1 Å².